The second kappa shape index (κ2) is 5.48. The van der Waals surface area contributed by atoms with Crippen LogP contribution in [0.2, 0.25) is 0 Å². The second-order valence-electron chi connectivity index (χ2n) is 7.17. The third-order valence-electron chi connectivity index (χ3n) is 4.85. The van der Waals surface area contributed by atoms with Crippen LogP contribution in [0.1, 0.15) is 47.0 Å². The maximum atomic E-state index is 10.3. The fraction of sp³-hybridized carbons (Fsp3) is 1.00. The summed E-state index contributed by atoms with van der Waals surface area (Å²) in [4.78, 5) is 2.48. The summed E-state index contributed by atoms with van der Waals surface area (Å²) in [5.41, 5.74) is 0.355. The molecule has 0 bridgehead atoms. The number of aliphatic hydroxyl groups excluding tert-OH is 1. The van der Waals surface area contributed by atoms with Crippen LogP contribution in [-0.2, 0) is 4.74 Å². The van der Waals surface area contributed by atoms with Crippen molar-refractivity contribution in [3.63, 3.8) is 0 Å². The van der Waals surface area contributed by atoms with Crippen LogP contribution < -0.4 is 0 Å². The summed E-state index contributed by atoms with van der Waals surface area (Å²) in [5.74, 6) is 0.723. The molecule has 3 nitrogen and oxygen atoms in total. The minimum Gasteiger partial charge on any atom is -0.391 e. The van der Waals surface area contributed by atoms with Gasteiger partial charge in [-0.3, -0.25) is 4.90 Å². The molecule has 2 aliphatic rings. The maximum absolute atomic E-state index is 10.3. The SMILES string of the molecule is CC1COCCN1C1CC(C(C)(C)C)CCC1O. The van der Waals surface area contributed by atoms with E-state index in [1.807, 2.05) is 0 Å². The van der Waals surface area contributed by atoms with Crippen LogP contribution in [0.5, 0.6) is 0 Å². The van der Waals surface area contributed by atoms with Gasteiger partial charge in [-0.1, -0.05) is 20.8 Å². The molecule has 1 N–H and O–H groups in total. The van der Waals surface area contributed by atoms with E-state index in [9.17, 15) is 5.11 Å². The first kappa shape index (κ1) is 14.3. The van der Waals surface area contributed by atoms with Gasteiger partial charge in [-0.05, 0) is 37.5 Å². The van der Waals surface area contributed by atoms with Crippen LogP contribution in [0.25, 0.3) is 0 Å². The number of hydrogen-bond donors (Lipinski definition) is 1. The van der Waals surface area contributed by atoms with Crippen molar-refractivity contribution in [1.82, 2.24) is 4.90 Å². The molecule has 0 aromatic carbocycles. The number of morpholine rings is 1. The molecule has 106 valence electrons. The first-order chi connectivity index (χ1) is 8.39. The molecule has 0 aromatic heterocycles. The van der Waals surface area contributed by atoms with Crippen LogP contribution in [0.15, 0.2) is 0 Å². The quantitative estimate of drug-likeness (QED) is 0.780. The van der Waals surface area contributed by atoms with E-state index < -0.39 is 0 Å². The molecule has 1 saturated heterocycles. The molecule has 1 aliphatic heterocycles. The summed E-state index contributed by atoms with van der Waals surface area (Å²) >= 11 is 0. The van der Waals surface area contributed by atoms with E-state index in [4.69, 9.17) is 4.74 Å². The third kappa shape index (κ3) is 3.06. The van der Waals surface area contributed by atoms with E-state index in [2.05, 4.69) is 32.6 Å². The molecule has 0 amide bonds. The smallest absolute Gasteiger partial charge is 0.0695 e. The molecule has 1 aliphatic carbocycles. The van der Waals surface area contributed by atoms with E-state index in [-0.39, 0.29) is 6.10 Å². The fourth-order valence-electron chi connectivity index (χ4n) is 3.51. The Morgan fingerprint density at radius 2 is 1.94 bits per heavy atom. The van der Waals surface area contributed by atoms with E-state index >= 15 is 0 Å². The Morgan fingerprint density at radius 3 is 2.56 bits per heavy atom. The predicted molar refractivity (Wildman–Crippen MR) is 73.6 cm³/mol. The van der Waals surface area contributed by atoms with Gasteiger partial charge in [0.2, 0.25) is 0 Å². The highest BCUT2D eigenvalue weighted by molar-refractivity contribution is 4.92. The molecule has 0 radical (unpaired) electrons. The fourth-order valence-corrected chi connectivity index (χ4v) is 3.51. The van der Waals surface area contributed by atoms with Crippen LogP contribution in [-0.4, -0.2) is 48.0 Å². The van der Waals surface area contributed by atoms with Crippen molar-refractivity contribution in [2.75, 3.05) is 19.8 Å². The van der Waals surface area contributed by atoms with E-state index in [1.165, 1.54) is 6.42 Å². The van der Waals surface area contributed by atoms with E-state index in [0.717, 1.165) is 38.5 Å². The molecule has 3 heteroatoms. The van der Waals surface area contributed by atoms with Gasteiger partial charge >= 0.3 is 0 Å². The minimum absolute atomic E-state index is 0.149. The first-order valence-electron chi connectivity index (χ1n) is 7.41. The number of hydrogen-bond acceptors (Lipinski definition) is 3. The molecule has 2 fully saturated rings. The topological polar surface area (TPSA) is 32.7 Å². The van der Waals surface area contributed by atoms with Crippen molar-refractivity contribution in [2.45, 2.75) is 65.1 Å². The summed E-state index contributed by atoms with van der Waals surface area (Å²) in [6, 6.07) is 0.777. The second-order valence-corrected chi connectivity index (χ2v) is 7.17. The zero-order valence-corrected chi connectivity index (χ0v) is 12.4. The number of nitrogens with zero attached hydrogens (tertiary/aromatic N) is 1. The van der Waals surface area contributed by atoms with Crippen molar-refractivity contribution in [2.24, 2.45) is 11.3 Å². The lowest BCUT2D eigenvalue weighted by atomic mass is 9.69. The van der Waals surface area contributed by atoms with Crippen molar-refractivity contribution in [3.05, 3.63) is 0 Å². The normalized spacial score (nSPS) is 39.8. The first-order valence-corrected chi connectivity index (χ1v) is 7.41. The Hall–Kier alpha value is -0.120. The van der Waals surface area contributed by atoms with Gasteiger partial charge in [0.15, 0.2) is 0 Å². The number of rotatable bonds is 1. The largest absolute Gasteiger partial charge is 0.391 e. The zero-order chi connectivity index (χ0) is 13.3. The van der Waals surface area contributed by atoms with Gasteiger partial charge in [0.25, 0.3) is 0 Å². The van der Waals surface area contributed by atoms with Crippen LogP contribution in [0, 0.1) is 11.3 Å². The molecule has 4 atom stereocenters. The maximum Gasteiger partial charge on any atom is 0.0695 e. The Morgan fingerprint density at radius 1 is 1.22 bits per heavy atom. The predicted octanol–water partition coefficient (Wildman–Crippen LogP) is 2.28. The Balaban J connectivity index is 2.05. The minimum atomic E-state index is -0.149. The van der Waals surface area contributed by atoms with Crippen LogP contribution in [0.3, 0.4) is 0 Å². The van der Waals surface area contributed by atoms with Gasteiger partial charge in [-0.2, -0.15) is 0 Å². The van der Waals surface area contributed by atoms with Gasteiger partial charge in [-0.15, -0.1) is 0 Å². The highest BCUT2D eigenvalue weighted by Gasteiger charge is 2.39. The molecule has 4 unspecified atom stereocenters. The van der Waals surface area contributed by atoms with Crippen molar-refractivity contribution in [3.8, 4) is 0 Å². The summed E-state index contributed by atoms with van der Waals surface area (Å²) in [7, 11) is 0. The molecule has 0 aromatic rings. The molecular formula is C15H29NO2. The molecule has 1 saturated carbocycles. The lowest BCUT2D eigenvalue weighted by Crippen LogP contribution is -2.56. The standard InChI is InChI=1S/C15H29NO2/c1-11-10-18-8-7-16(11)13-9-12(15(2,3)4)5-6-14(13)17/h11-14,17H,5-10H2,1-4H3. The van der Waals surface area contributed by atoms with Crippen LogP contribution >= 0.6 is 0 Å². The van der Waals surface area contributed by atoms with Gasteiger partial charge in [0.1, 0.15) is 0 Å². The van der Waals surface area contributed by atoms with Gasteiger partial charge in [0.05, 0.1) is 19.3 Å². The summed E-state index contributed by atoms with van der Waals surface area (Å²) < 4.78 is 5.51. The highest BCUT2D eigenvalue weighted by Crippen LogP contribution is 2.40. The third-order valence-corrected chi connectivity index (χ3v) is 4.85. The molecular weight excluding hydrogens is 226 g/mol. The lowest BCUT2D eigenvalue weighted by Gasteiger charge is -2.47. The van der Waals surface area contributed by atoms with E-state index in [1.54, 1.807) is 0 Å². The Labute approximate surface area is 112 Å². The Bertz CT molecular complexity index is 274. The molecule has 18 heavy (non-hydrogen) atoms. The van der Waals surface area contributed by atoms with Gasteiger partial charge in [0, 0.05) is 18.6 Å². The van der Waals surface area contributed by atoms with Crippen molar-refractivity contribution in [1.29, 1.82) is 0 Å². The van der Waals surface area contributed by atoms with Crippen molar-refractivity contribution >= 4 is 0 Å². The molecule has 1 heterocycles. The Kier molecular flexibility index (Phi) is 4.35. The molecule has 0 spiro atoms. The average molecular weight is 255 g/mol. The summed E-state index contributed by atoms with van der Waals surface area (Å²) in [6.07, 6.45) is 3.11. The van der Waals surface area contributed by atoms with Gasteiger partial charge < -0.3 is 9.84 Å². The monoisotopic (exact) mass is 255 g/mol. The highest BCUT2D eigenvalue weighted by atomic mass is 16.5. The van der Waals surface area contributed by atoms with Gasteiger partial charge in [-0.25, -0.2) is 0 Å². The summed E-state index contributed by atoms with van der Waals surface area (Å²) in [5, 5.41) is 10.3. The summed E-state index contributed by atoms with van der Waals surface area (Å²) in [6.45, 7) is 11.8. The zero-order valence-electron chi connectivity index (χ0n) is 12.4. The van der Waals surface area contributed by atoms with Crippen molar-refractivity contribution < 1.29 is 9.84 Å². The lowest BCUT2D eigenvalue weighted by molar-refractivity contribution is -0.0802. The number of aliphatic hydroxyl groups is 1. The average Bonchev–Trinajstić information content (AvgIpc) is 2.29. The van der Waals surface area contributed by atoms with E-state index in [0.29, 0.717) is 17.5 Å². The number of ether oxygens (including phenoxy) is 1. The van der Waals surface area contributed by atoms with Crippen LogP contribution in [0.4, 0.5) is 0 Å². The molecule has 2 rings (SSSR count).